The van der Waals surface area contributed by atoms with Gasteiger partial charge in [0.25, 0.3) is 0 Å². The van der Waals surface area contributed by atoms with Crippen molar-refractivity contribution < 1.29 is 4.79 Å². The summed E-state index contributed by atoms with van der Waals surface area (Å²) in [6.07, 6.45) is 3.82. The van der Waals surface area contributed by atoms with E-state index in [0.717, 1.165) is 12.7 Å². The van der Waals surface area contributed by atoms with E-state index in [1.165, 1.54) is 17.5 Å². The van der Waals surface area contributed by atoms with Crippen molar-refractivity contribution in [2.75, 3.05) is 0 Å². The van der Waals surface area contributed by atoms with Gasteiger partial charge in [0.2, 0.25) is 5.91 Å². The molecular formula is C13H20BNO. The molecule has 86 valence electrons. The van der Waals surface area contributed by atoms with E-state index >= 15 is 0 Å². The second kappa shape index (κ2) is 7.10. The summed E-state index contributed by atoms with van der Waals surface area (Å²) in [5.74, 6) is 0.139. The highest BCUT2D eigenvalue weighted by Gasteiger charge is 1.99. The van der Waals surface area contributed by atoms with Crippen LogP contribution in [0.5, 0.6) is 0 Å². The molecule has 1 rings (SSSR count). The lowest BCUT2D eigenvalue weighted by Crippen LogP contribution is -2.22. The summed E-state index contributed by atoms with van der Waals surface area (Å²) >= 11 is 0. The third kappa shape index (κ3) is 4.52. The van der Waals surface area contributed by atoms with Crippen LogP contribution in [0.1, 0.15) is 30.9 Å². The van der Waals surface area contributed by atoms with Crippen LogP contribution >= 0.6 is 0 Å². The number of carbonyl (C=O) groups excluding carboxylic acids is 1. The Morgan fingerprint density at radius 1 is 1.25 bits per heavy atom. The van der Waals surface area contributed by atoms with E-state index in [2.05, 4.69) is 36.5 Å². The fourth-order valence-electron chi connectivity index (χ4n) is 1.63. The van der Waals surface area contributed by atoms with E-state index in [1.807, 2.05) is 7.85 Å². The quantitative estimate of drug-likeness (QED) is 0.722. The van der Waals surface area contributed by atoms with Crippen LogP contribution in [0.4, 0.5) is 0 Å². The third-order valence-corrected chi connectivity index (χ3v) is 2.53. The number of rotatable bonds is 6. The minimum absolute atomic E-state index is 0.139. The van der Waals surface area contributed by atoms with Crippen LogP contribution in [0.15, 0.2) is 24.3 Å². The minimum atomic E-state index is 0.139. The lowest BCUT2D eigenvalue weighted by atomic mass is 10.0. The average Bonchev–Trinajstić information content (AvgIpc) is 2.29. The van der Waals surface area contributed by atoms with E-state index in [-0.39, 0.29) is 5.91 Å². The highest BCUT2D eigenvalue weighted by molar-refractivity contribution is 6.09. The molecule has 0 unspecified atom stereocenters. The van der Waals surface area contributed by atoms with Gasteiger partial charge in [-0.3, -0.25) is 4.79 Å². The molecule has 0 radical (unpaired) electrons. The molecule has 0 aliphatic heterocycles. The number of amides is 1. The molecule has 3 heteroatoms. The topological polar surface area (TPSA) is 29.1 Å². The van der Waals surface area contributed by atoms with Crippen LogP contribution in [0.3, 0.4) is 0 Å². The Hall–Kier alpha value is -1.25. The lowest BCUT2D eigenvalue weighted by Gasteiger charge is -2.05. The van der Waals surface area contributed by atoms with Gasteiger partial charge in [0.05, 0.1) is 0 Å². The van der Waals surface area contributed by atoms with Gasteiger partial charge < -0.3 is 5.32 Å². The van der Waals surface area contributed by atoms with E-state index in [4.69, 9.17) is 0 Å². The normalized spacial score (nSPS) is 10.1. The summed E-state index contributed by atoms with van der Waals surface area (Å²) < 4.78 is 0. The predicted molar refractivity (Wildman–Crippen MR) is 70.3 cm³/mol. The number of nitrogens with one attached hydrogen (secondary N) is 1. The molecule has 1 amide bonds. The van der Waals surface area contributed by atoms with Crippen LogP contribution in [-0.2, 0) is 17.8 Å². The Balaban J connectivity index is 2.40. The first-order valence-electron chi connectivity index (χ1n) is 6.10. The van der Waals surface area contributed by atoms with Gasteiger partial charge in [-0.25, -0.2) is 0 Å². The Morgan fingerprint density at radius 2 is 1.88 bits per heavy atom. The second-order valence-electron chi connectivity index (χ2n) is 4.09. The minimum Gasteiger partial charge on any atom is -0.352 e. The summed E-state index contributed by atoms with van der Waals surface area (Å²) in [5.41, 5.74) is 2.54. The molecular weight excluding hydrogens is 197 g/mol. The SMILES string of the molecule is BCCC(=O)NCc1ccc(CCC)cc1. The van der Waals surface area contributed by atoms with Gasteiger partial charge in [0.15, 0.2) is 0 Å². The van der Waals surface area contributed by atoms with Gasteiger partial charge in [-0.2, -0.15) is 0 Å². The van der Waals surface area contributed by atoms with Crippen molar-refractivity contribution >= 4 is 13.8 Å². The molecule has 0 atom stereocenters. The summed E-state index contributed by atoms with van der Waals surface area (Å²) in [6.45, 7) is 2.82. The Kier molecular flexibility index (Phi) is 5.69. The Labute approximate surface area is 98.8 Å². The molecule has 0 aromatic heterocycles. The van der Waals surface area contributed by atoms with Crippen molar-refractivity contribution in [3.8, 4) is 0 Å². The first kappa shape index (κ1) is 12.8. The first-order valence-corrected chi connectivity index (χ1v) is 6.10. The molecule has 0 bridgehead atoms. The molecule has 0 aliphatic carbocycles. The van der Waals surface area contributed by atoms with E-state index in [9.17, 15) is 4.79 Å². The molecule has 2 nitrogen and oxygen atoms in total. The Bertz CT molecular complexity index is 321. The van der Waals surface area contributed by atoms with Crippen LogP contribution in [0.2, 0.25) is 6.32 Å². The molecule has 0 saturated carbocycles. The van der Waals surface area contributed by atoms with Crippen molar-refractivity contribution in [1.29, 1.82) is 0 Å². The van der Waals surface area contributed by atoms with Crippen LogP contribution < -0.4 is 5.32 Å². The van der Waals surface area contributed by atoms with Gasteiger partial charge in [0.1, 0.15) is 7.85 Å². The maximum Gasteiger partial charge on any atom is 0.219 e. The maximum atomic E-state index is 11.3. The highest BCUT2D eigenvalue weighted by Crippen LogP contribution is 2.06. The number of hydrogen-bond donors (Lipinski definition) is 1. The Morgan fingerprint density at radius 3 is 2.44 bits per heavy atom. The summed E-state index contributed by atoms with van der Waals surface area (Å²) in [6, 6.07) is 8.48. The van der Waals surface area contributed by atoms with Gasteiger partial charge >= 0.3 is 0 Å². The van der Waals surface area contributed by atoms with E-state index in [0.29, 0.717) is 13.0 Å². The largest absolute Gasteiger partial charge is 0.352 e. The first-order chi connectivity index (χ1) is 7.76. The monoisotopic (exact) mass is 217 g/mol. The average molecular weight is 217 g/mol. The number of hydrogen-bond acceptors (Lipinski definition) is 1. The van der Waals surface area contributed by atoms with Gasteiger partial charge in [-0.05, 0) is 17.5 Å². The molecule has 0 heterocycles. The summed E-state index contributed by atoms with van der Waals surface area (Å²) in [7, 11) is 2.01. The van der Waals surface area contributed by atoms with Crippen LogP contribution in [0, 0.1) is 0 Å². The fraction of sp³-hybridized carbons (Fsp3) is 0.462. The molecule has 0 spiro atoms. The maximum absolute atomic E-state index is 11.3. The lowest BCUT2D eigenvalue weighted by molar-refractivity contribution is -0.120. The van der Waals surface area contributed by atoms with Crippen LogP contribution in [0.25, 0.3) is 0 Å². The second-order valence-corrected chi connectivity index (χ2v) is 4.09. The summed E-state index contributed by atoms with van der Waals surface area (Å²) in [5, 5.41) is 2.91. The van der Waals surface area contributed by atoms with Crippen LogP contribution in [-0.4, -0.2) is 13.8 Å². The van der Waals surface area contributed by atoms with Crippen molar-refractivity contribution in [1.82, 2.24) is 5.32 Å². The van der Waals surface area contributed by atoms with E-state index in [1.54, 1.807) is 0 Å². The molecule has 1 N–H and O–H groups in total. The van der Waals surface area contributed by atoms with Crippen molar-refractivity contribution in [2.45, 2.75) is 39.1 Å². The molecule has 1 aromatic carbocycles. The zero-order valence-corrected chi connectivity index (χ0v) is 10.3. The van der Waals surface area contributed by atoms with Gasteiger partial charge in [-0.15, -0.1) is 0 Å². The van der Waals surface area contributed by atoms with Crippen molar-refractivity contribution in [2.24, 2.45) is 0 Å². The molecule has 16 heavy (non-hydrogen) atoms. The van der Waals surface area contributed by atoms with Crippen molar-refractivity contribution in [3.63, 3.8) is 0 Å². The molecule has 0 aliphatic rings. The number of benzene rings is 1. The number of carbonyl (C=O) groups is 1. The molecule has 0 fully saturated rings. The van der Waals surface area contributed by atoms with Gasteiger partial charge in [0, 0.05) is 13.0 Å². The van der Waals surface area contributed by atoms with Gasteiger partial charge in [-0.1, -0.05) is 43.9 Å². The third-order valence-electron chi connectivity index (χ3n) is 2.53. The molecule has 0 saturated heterocycles. The fourth-order valence-corrected chi connectivity index (χ4v) is 1.63. The highest BCUT2D eigenvalue weighted by atomic mass is 16.1. The standard InChI is InChI=1S/C13H20BNO/c1-2-3-11-4-6-12(7-5-11)10-15-13(16)8-9-14/h4-7H,2-3,8-10,14H2,1H3,(H,15,16). The zero-order chi connectivity index (χ0) is 11.8. The van der Waals surface area contributed by atoms with Crippen molar-refractivity contribution in [3.05, 3.63) is 35.4 Å². The summed E-state index contributed by atoms with van der Waals surface area (Å²) in [4.78, 5) is 11.3. The molecule has 1 aromatic rings. The zero-order valence-electron chi connectivity index (χ0n) is 10.3. The number of aryl methyl sites for hydroxylation is 1. The van der Waals surface area contributed by atoms with E-state index < -0.39 is 0 Å². The predicted octanol–water partition coefficient (Wildman–Crippen LogP) is 1.70. The smallest absolute Gasteiger partial charge is 0.219 e.